The first-order valence-electron chi connectivity index (χ1n) is 4.58. The van der Waals surface area contributed by atoms with Crippen LogP contribution in [0, 0.1) is 5.92 Å². The van der Waals surface area contributed by atoms with Crippen molar-refractivity contribution in [2.75, 3.05) is 0 Å². The quantitative estimate of drug-likeness (QED) is 0.619. The molecule has 0 heterocycles. The average Bonchev–Trinajstić information content (AvgIpc) is 2.30. The van der Waals surface area contributed by atoms with Crippen molar-refractivity contribution in [3.8, 4) is 0 Å². The van der Waals surface area contributed by atoms with Crippen LogP contribution in [0.2, 0.25) is 0 Å². The second-order valence-corrected chi connectivity index (χ2v) is 3.63. The molecule has 1 heteroatoms. The molecule has 1 rings (SSSR count). The molecule has 0 fully saturated rings. The number of hydrogen-bond donors (Lipinski definition) is 1. The minimum atomic E-state index is -0.407. The van der Waals surface area contributed by atoms with Gasteiger partial charge in [0.25, 0.3) is 0 Å². The molecule has 0 aliphatic heterocycles. The third kappa shape index (κ3) is 1.84. The van der Waals surface area contributed by atoms with Gasteiger partial charge in [-0.15, -0.1) is 0 Å². The van der Waals surface area contributed by atoms with Gasteiger partial charge < -0.3 is 5.11 Å². The zero-order chi connectivity index (χ0) is 8.32. The molecule has 0 bridgehead atoms. The monoisotopic (exact) mass is 154 g/mol. The third-order valence-corrected chi connectivity index (χ3v) is 2.71. The lowest BCUT2D eigenvalue weighted by Crippen LogP contribution is -2.31. The number of rotatable bonds is 3. The van der Waals surface area contributed by atoms with E-state index in [1.54, 1.807) is 0 Å². The number of aliphatic hydroxyl groups is 1. The van der Waals surface area contributed by atoms with Crippen molar-refractivity contribution < 1.29 is 5.11 Å². The molecule has 11 heavy (non-hydrogen) atoms. The zero-order valence-corrected chi connectivity index (χ0v) is 7.51. The Bertz CT molecular complexity index is 151. The lowest BCUT2D eigenvalue weighted by molar-refractivity contribution is 0.00729. The Labute approximate surface area is 69.1 Å². The van der Waals surface area contributed by atoms with Crippen molar-refractivity contribution in [3.05, 3.63) is 12.2 Å². The summed E-state index contributed by atoms with van der Waals surface area (Å²) in [4.78, 5) is 0. The van der Waals surface area contributed by atoms with Crippen LogP contribution in [0.4, 0.5) is 0 Å². The SMILES string of the molecule is CCCCC1(O)CC=CC1C. The molecule has 2 unspecified atom stereocenters. The van der Waals surface area contributed by atoms with Crippen molar-refractivity contribution >= 4 is 0 Å². The van der Waals surface area contributed by atoms with E-state index in [0.29, 0.717) is 5.92 Å². The van der Waals surface area contributed by atoms with E-state index in [1.807, 2.05) is 0 Å². The van der Waals surface area contributed by atoms with E-state index in [4.69, 9.17) is 0 Å². The van der Waals surface area contributed by atoms with Gasteiger partial charge in [-0.25, -0.2) is 0 Å². The van der Waals surface area contributed by atoms with E-state index >= 15 is 0 Å². The third-order valence-electron chi connectivity index (χ3n) is 2.71. The van der Waals surface area contributed by atoms with E-state index in [2.05, 4.69) is 26.0 Å². The van der Waals surface area contributed by atoms with Crippen molar-refractivity contribution in [3.63, 3.8) is 0 Å². The maximum Gasteiger partial charge on any atom is 0.0741 e. The molecule has 0 aromatic carbocycles. The van der Waals surface area contributed by atoms with Gasteiger partial charge in [0.1, 0.15) is 0 Å². The van der Waals surface area contributed by atoms with E-state index < -0.39 is 5.60 Å². The molecular formula is C10H18O. The van der Waals surface area contributed by atoms with Crippen molar-refractivity contribution in [1.29, 1.82) is 0 Å². The van der Waals surface area contributed by atoms with Gasteiger partial charge >= 0.3 is 0 Å². The van der Waals surface area contributed by atoms with Gasteiger partial charge in [0.15, 0.2) is 0 Å². The highest BCUT2D eigenvalue weighted by Crippen LogP contribution is 2.33. The molecule has 0 radical (unpaired) electrons. The highest BCUT2D eigenvalue weighted by atomic mass is 16.3. The highest BCUT2D eigenvalue weighted by molar-refractivity contribution is 5.08. The molecule has 0 amide bonds. The van der Waals surface area contributed by atoms with Gasteiger partial charge in [0.2, 0.25) is 0 Å². The molecule has 2 atom stereocenters. The molecule has 0 aromatic rings. The lowest BCUT2D eigenvalue weighted by Gasteiger charge is -2.27. The van der Waals surface area contributed by atoms with Crippen LogP contribution in [0.1, 0.15) is 39.5 Å². The van der Waals surface area contributed by atoms with Crippen LogP contribution in [-0.2, 0) is 0 Å². The summed E-state index contributed by atoms with van der Waals surface area (Å²) in [6, 6.07) is 0. The summed E-state index contributed by atoms with van der Waals surface area (Å²) in [6.45, 7) is 4.26. The first kappa shape index (κ1) is 8.79. The minimum absolute atomic E-state index is 0.356. The van der Waals surface area contributed by atoms with E-state index in [9.17, 15) is 5.11 Å². The van der Waals surface area contributed by atoms with Gasteiger partial charge in [-0.2, -0.15) is 0 Å². The van der Waals surface area contributed by atoms with Crippen molar-refractivity contribution in [2.45, 2.75) is 45.1 Å². The summed E-state index contributed by atoms with van der Waals surface area (Å²) in [6.07, 6.45) is 8.35. The Morgan fingerprint density at radius 2 is 2.36 bits per heavy atom. The molecule has 1 aliphatic rings. The van der Waals surface area contributed by atoms with E-state index in [1.165, 1.54) is 6.42 Å². The Hall–Kier alpha value is -0.300. The number of unbranched alkanes of at least 4 members (excludes halogenated alkanes) is 1. The second-order valence-electron chi connectivity index (χ2n) is 3.63. The van der Waals surface area contributed by atoms with Crippen molar-refractivity contribution in [2.24, 2.45) is 5.92 Å². The predicted molar refractivity (Wildman–Crippen MR) is 47.4 cm³/mol. The highest BCUT2D eigenvalue weighted by Gasteiger charge is 2.33. The second kappa shape index (κ2) is 3.40. The first-order valence-corrected chi connectivity index (χ1v) is 4.58. The molecule has 1 nitrogen and oxygen atoms in total. The van der Waals surface area contributed by atoms with Crippen LogP contribution >= 0.6 is 0 Å². The van der Waals surface area contributed by atoms with E-state index in [-0.39, 0.29) is 0 Å². The predicted octanol–water partition coefficient (Wildman–Crippen LogP) is 2.50. The van der Waals surface area contributed by atoms with Crippen LogP contribution in [0.25, 0.3) is 0 Å². The molecule has 0 saturated carbocycles. The molecular weight excluding hydrogens is 136 g/mol. The summed E-state index contributed by atoms with van der Waals surface area (Å²) in [7, 11) is 0. The van der Waals surface area contributed by atoms with Crippen LogP contribution < -0.4 is 0 Å². The van der Waals surface area contributed by atoms with Gasteiger partial charge in [-0.05, 0) is 12.8 Å². The van der Waals surface area contributed by atoms with Crippen LogP contribution in [-0.4, -0.2) is 10.7 Å². The summed E-state index contributed by atoms with van der Waals surface area (Å²) in [5, 5.41) is 10.0. The smallest absolute Gasteiger partial charge is 0.0741 e. The molecule has 1 N–H and O–H groups in total. The lowest BCUT2D eigenvalue weighted by atomic mass is 9.87. The molecule has 0 aromatic heterocycles. The van der Waals surface area contributed by atoms with Crippen LogP contribution in [0.3, 0.4) is 0 Å². The topological polar surface area (TPSA) is 20.2 Å². The summed E-state index contributed by atoms with van der Waals surface area (Å²) in [5.41, 5.74) is -0.407. The molecule has 64 valence electrons. The van der Waals surface area contributed by atoms with E-state index in [0.717, 1.165) is 19.3 Å². The zero-order valence-electron chi connectivity index (χ0n) is 7.51. The molecule has 1 aliphatic carbocycles. The summed E-state index contributed by atoms with van der Waals surface area (Å²) < 4.78 is 0. The van der Waals surface area contributed by atoms with Gasteiger partial charge in [0.05, 0.1) is 5.60 Å². The van der Waals surface area contributed by atoms with Crippen molar-refractivity contribution in [1.82, 2.24) is 0 Å². The van der Waals surface area contributed by atoms with Crippen LogP contribution in [0.15, 0.2) is 12.2 Å². The van der Waals surface area contributed by atoms with Crippen LogP contribution in [0.5, 0.6) is 0 Å². The minimum Gasteiger partial charge on any atom is -0.389 e. The largest absolute Gasteiger partial charge is 0.389 e. The normalized spacial score (nSPS) is 36.5. The fourth-order valence-electron chi connectivity index (χ4n) is 1.65. The molecule has 0 saturated heterocycles. The Morgan fingerprint density at radius 1 is 1.64 bits per heavy atom. The fourth-order valence-corrected chi connectivity index (χ4v) is 1.65. The first-order chi connectivity index (χ1) is 5.19. The van der Waals surface area contributed by atoms with Gasteiger partial charge in [-0.3, -0.25) is 0 Å². The Kier molecular flexibility index (Phi) is 2.72. The maximum atomic E-state index is 10.0. The van der Waals surface area contributed by atoms with Gasteiger partial charge in [0, 0.05) is 5.92 Å². The Morgan fingerprint density at radius 3 is 2.82 bits per heavy atom. The number of hydrogen-bond acceptors (Lipinski definition) is 1. The van der Waals surface area contributed by atoms with Gasteiger partial charge in [-0.1, -0.05) is 38.8 Å². The molecule has 0 spiro atoms. The summed E-state index contributed by atoms with van der Waals surface area (Å²) in [5.74, 6) is 0.356. The average molecular weight is 154 g/mol. The standard InChI is InChI=1S/C10H18O/c1-3-4-7-10(11)8-5-6-9(10)2/h5-6,9,11H,3-4,7-8H2,1-2H3. The summed E-state index contributed by atoms with van der Waals surface area (Å²) >= 11 is 0. The Balaban J connectivity index is 2.41. The maximum absolute atomic E-state index is 10.0. The fraction of sp³-hybridized carbons (Fsp3) is 0.800.